The van der Waals surface area contributed by atoms with E-state index in [4.69, 9.17) is 9.47 Å². The molecule has 6 atom stereocenters. The number of aliphatic hydroxyl groups is 2. The summed E-state index contributed by atoms with van der Waals surface area (Å²) in [6.45, 7) is 3.77. The number of fused-ring (bicyclic) bond motifs is 1. The fourth-order valence-electron chi connectivity index (χ4n) is 6.96. The summed E-state index contributed by atoms with van der Waals surface area (Å²) in [6, 6.07) is 0. The highest BCUT2D eigenvalue weighted by molar-refractivity contribution is 6.14. The van der Waals surface area contributed by atoms with Gasteiger partial charge in [0.1, 0.15) is 11.5 Å². The summed E-state index contributed by atoms with van der Waals surface area (Å²) in [5.74, 6) is -9.70. The minimum Gasteiger partial charge on any atom is -0.481 e. The molecule has 222 valence electrons. The second kappa shape index (κ2) is 12.2. The molecule has 10 heteroatoms. The normalized spacial score (nSPS) is 31.3. The van der Waals surface area contributed by atoms with E-state index in [-0.39, 0.29) is 29.6 Å². The molecule has 10 nitrogen and oxygen atoms in total. The predicted molar refractivity (Wildman–Crippen MR) is 145 cm³/mol. The number of hydrogen-bond acceptors (Lipinski definition) is 9. The van der Waals surface area contributed by atoms with E-state index in [0.29, 0.717) is 12.8 Å². The number of carboxylic acid groups (broad SMARTS) is 1. The number of hydrogen-bond donors (Lipinski definition) is 3. The van der Waals surface area contributed by atoms with Gasteiger partial charge in [0, 0.05) is 18.4 Å². The van der Waals surface area contributed by atoms with E-state index in [1.54, 1.807) is 12.2 Å². The Balaban J connectivity index is 1.80. The predicted octanol–water partition coefficient (Wildman–Crippen LogP) is 3.47. The largest absolute Gasteiger partial charge is 0.481 e. The number of ketones is 1. The number of carbonyl (C=O) groups is 5. The highest BCUT2D eigenvalue weighted by atomic mass is 16.7. The maximum atomic E-state index is 13.4. The molecule has 2 heterocycles. The number of carboxylic acids is 1. The van der Waals surface area contributed by atoms with E-state index in [1.165, 1.54) is 0 Å². The summed E-state index contributed by atoms with van der Waals surface area (Å²) >= 11 is 0. The minimum atomic E-state index is -2.42. The van der Waals surface area contributed by atoms with Crippen molar-refractivity contribution in [3.8, 4) is 0 Å². The SMILES string of the molecule is CC=CCCCCCC1C=C2C3(CC(=O)O)CC4=C(C(=O)OC4=O)C(C1CC(O)C(=O)CCC=CC)C2(O)OC3=O. The molecule has 4 aliphatic rings. The van der Waals surface area contributed by atoms with Crippen molar-refractivity contribution >= 4 is 29.7 Å². The van der Waals surface area contributed by atoms with Crippen LogP contribution in [0.15, 0.2) is 47.1 Å². The molecule has 2 aliphatic heterocycles. The third-order valence-electron chi connectivity index (χ3n) is 8.84. The van der Waals surface area contributed by atoms with Gasteiger partial charge in [0.15, 0.2) is 5.78 Å². The van der Waals surface area contributed by atoms with Crippen molar-refractivity contribution in [1.29, 1.82) is 0 Å². The second-order valence-electron chi connectivity index (χ2n) is 11.4. The Bertz CT molecular complexity index is 1240. The number of rotatable bonds is 14. The van der Waals surface area contributed by atoms with Gasteiger partial charge in [-0.15, -0.1) is 0 Å². The van der Waals surface area contributed by atoms with Crippen molar-refractivity contribution in [1.82, 2.24) is 0 Å². The standard InChI is InChI=1S/C31H38O10/c1-3-5-7-8-9-11-12-18-14-23-30(17-24(34)35)16-20-25(28(37)40-27(20)36)26(31(23,39)41-29(30)38)19(18)15-22(33)21(32)13-10-6-4-2/h3-6,14,18-19,22,26,33,39H,7-13,15-17H2,1-2H3,(H,34,35). The number of aliphatic carboxylic acids is 1. The molecule has 2 aliphatic carbocycles. The van der Waals surface area contributed by atoms with Crippen molar-refractivity contribution in [3.05, 3.63) is 47.1 Å². The fraction of sp³-hybridized carbons (Fsp3) is 0.581. The number of aliphatic hydroxyl groups excluding tert-OH is 1. The zero-order valence-electron chi connectivity index (χ0n) is 23.5. The molecule has 41 heavy (non-hydrogen) atoms. The lowest BCUT2D eigenvalue weighted by Crippen LogP contribution is -2.51. The Morgan fingerprint density at radius 3 is 2.46 bits per heavy atom. The first kappa shape index (κ1) is 30.6. The van der Waals surface area contributed by atoms with E-state index in [9.17, 15) is 39.3 Å². The summed E-state index contributed by atoms with van der Waals surface area (Å²) in [7, 11) is 0. The summed E-state index contributed by atoms with van der Waals surface area (Å²) in [5, 5.41) is 32.8. The number of allylic oxidation sites excluding steroid dienone is 5. The summed E-state index contributed by atoms with van der Waals surface area (Å²) in [5.41, 5.74) is -2.19. The highest BCUT2D eigenvalue weighted by Gasteiger charge is 2.72. The van der Waals surface area contributed by atoms with Crippen LogP contribution in [0.4, 0.5) is 0 Å². The molecule has 0 spiro atoms. The topological polar surface area (TPSA) is 164 Å². The molecule has 3 N–H and O–H groups in total. The third kappa shape index (κ3) is 5.59. The maximum absolute atomic E-state index is 13.4. The molecule has 0 aromatic heterocycles. The van der Waals surface area contributed by atoms with E-state index in [2.05, 4.69) is 6.08 Å². The van der Waals surface area contributed by atoms with Crippen LogP contribution >= 0.6 is 0 Å². The van der Waals surface area contributed by atoms with Crippen molar-refractivity contribution < 1.29 is 48.8 Å². The van der Waals surface area contributed by atoms with Gasteiger partial charge in [-0.1, -0.05) is 43.2 Å². The smallest absolute Gasteiger partial charge is 0.343 e. The first-order valence-corrected chi connectivity index (χ1v) is 14.3. The Labute approximate surface area is 238 Å². The summed E-state index contributed by atoms with van der Waals surface area (Å²) in [6.07, 6.45) is 11.0. The van der Waals surface area contributed by atoms with Crippen LogP contribution in [0.1, 0.15) is 78.1 Å². The van der Waals surface area contributed by atoms with Crippen LogP contribution < -0.4 is 0 Å². The first-order chi connectivity index (χ1) is 19.5. The molecule has 4 rings (SSSR count). The van der Waals surface area contributed by atoms with E-state index >= 15 is 0 Å². The summed E-state index contributed by atoms with van der Waals surface area (Å²) in [4.78, 5) is 64.1. The Morgan fingerprint density at radius 2 is 1.78 bits per heavy atom. The molecular formula is C31H38O10. The minimum absolute atomic E-state index is 0.0291. The Hall–Kier alpha value is -3.37. The molecule has 1 saturated heterocycles. The van der Waals surface area contributed by atoms with Crippen molar-refractivity contribution in [2.75, 3.05) is 0 Å². The van der Waals surface area contributed by atoms with E-state index in [0.717, 1.165) is 25.7 Å². The zero-order valence-corrected chi connectivity index (χ0v) is 23.5. The van der Waals surface area contributed by atoms with Gasteiger partial charge in [-0.3, -0.25) is 14.4 Å². The fourth-order valence-corrected chi connectivity index (χ4v) is 6.96. The molecule has 0 aromatic carbocycles. The lowest BCUT2D eigenvalue weighted by atomic mass is 9.61. The summed E-state index contributed by atoms with van der Waals surface area (Å²) < 4.78 is 10.4. The van der Waals surface area contributed by atoms with Gasteiger partial charge >= 0.3 is 23.9 Å². The van der Waals surface area contributed by atoms with Crippen LogP contribution in [0.5, 0.6) is 0 Å². The van der Waals surface area contributed by atoms with Gasteiger partial charge in [0.25, 0.3) is 0 Å². The average molecular weight is 571 g/mol. The van der Waals surface area contributed by atoms with E-state index in [1.807, 2.05) is 26.0 Å². The van der Waals surface area contributed by atoms with Crippen molar-refractivity contribution in [2.24, 2.45) is 23.2 Å². The van der Waals surface area contributed by atoms with Crippen LogP contribution in [0.3, 0.4) is 0 Å². The van der Waals surface area contributed by atoms with Gasteiger partial charge in [-0.05, 0) is 57.8 Å². The third-order valence-corrected chi connectivity index (χ3v) is 8.84. The van der Waals surface area contributed by atoms with Crippen LogP contribution in [-0.2, 0) is 33.4 Å². The van der Waals surface area contributed by atoms with Gasteiger partial charge in [-0.25, -0.2) is 9.59 Å². The molecular weight excluding hydrogens is 532 g/mol. The maximum Gasteiger partial charge on any atom is 0.343 e. The van der Waals surface area contributed by atoms with Crippen LogP contribution in [0.25, 0.3) is 0 Å². The number of esters is 3. The monoisotopic (exact) mass is 570 g/mol. The molecule has 0 amide bonds. The molecule has 1 fully saturated rings. The number of ether oxygens (including phenoxy) is 2. The van der Waals surface area contributed by atoms with Crippen LogP contribution in [0, 0.1) is 23.2 Å². The van der Waals surface area contributed by atoms with Gasteiger partial charge < -0.3 is 24.8 Å². The molecule has 0 aromatic rings. The number of carbonyl (C=O) groups excluding carboxylic acids is 4. The van der Waals surface area contributed by atoms with E-state index < -0.39 is 77.6 Å². The average Bonchev–Trinajstić information content (AvgIpc) is 3.26. The van der Waals surface area contributed by atoms with Gasteiger partial charge in [0.2, 0.25) is 5.79 Å². The molecule has 6 unspecified atom stereocenters. The first-order valence-electron chi connectivity index (χ1n) is 14.3. The number of unbranched alkanes of at least 4 members (excludes halogenated alkanes) is 3. The lowest BCUT2D eigenvalue weighted by molar-refractivity contribution is -0.206. The second-order valence-corrected chi connectivity index (χ2v) is 11.4. The van der Waals surface area contributed by atoms with Crippen LogP contribution in [-0.4, -0.2) is 56.9 Å². The molecule has 0 saturated carbocycles. The highest BCUT2D eigenvalue weighted by Crippen LogP contribution is 2.64. The zero-order chi connectivity index (χ0) is 29.9. The van der Waals surface area contributed by atoms with Crippen LogP contribution in [0.2, 0.25) is 0 Å². The Kier molecular flexibility index (Phi) is 9.13. The Morgan fingerprint density at radius 1 is 1.07 bits per heavy atom. The quantitative estimate of drug-likeness (QED) is 0.122. The molecule has 0 radical (unpaired) electrons. The van der Waals surface area contributed by atoms with Crippen molar-refractivity contribution in [3.63, 3.8) is 0 Å². The van der Waals surface area contributed by atoms with Gasteiger partial charge in [0.05, 0.1) is 23.5 Å². The van der Waals surface area contributed by atoms with Crippen molar-refractivity contribution in [2.45, 2.75) is 89.9 Å². The van der Waals surface area contributed by atoms with Gasteiger partial charge in [-0.2, -0.15) is 0 Å². The lowest BCUT2D eigenvalue weighted by Gasteiger charge is -2.45. The number of cyclic esters (lactones) is 2. The number of Topliss-reactive ketones (excluding diaryl/α,β-unsaturated/α-hetero) is 1. The molecule has 4 bridgehead atoms.